The van der Waals surface area contributed by atoms with E-state index in [0.29, 0.717) is 0 Å². The Bertz CT molecular complexity index is 149. The molecule has 1 rings (SSSR count). The van der Waals surface area contributed by atoms with Gasteiger partial charge in [-0.2, -0.15) is 0 Å². The summed E-state index contributed by atoms with van der Waals surface area (Å²) >= 11 is 5.75. The van der Waals surface area contributed by atoms with Gasteiger partial charge in [0.1, 0.15) is 5.76 Å². The average molecular weight is 145 g/mol. The number of hydrogen-bond acceptors (Lipinski definition) is 1. The smallest absolute Gasteiger partial charge is 0.114 e. The topological polar surface area (TPSA) is 9.23 Å². The highest BCUT2D eigenvalue weighted by Gasteiger charge is 2.03. The minimum Gasteiger partial charge on any atom is -0.497 e. The van der Waals surface area contributed by atoms with Crippen LogP contribution in [0.1, 0.15) is 6.42 Å². The number of ether oxygens (including phenoxy) is 1. The lowest BCUT2D eigenvalue weighted by atomic mass is 10.2. The van der Waals surface area contributed by atoms with Crippen molar-refractivity contribution in [3.63, 3.8) is 0 Å². The number of halogens is 1. The number of alkyl halides is 1. The van der Waals surface area contributed by atoms with Crippen molar-refractivity contribution in [2.45, 2.75) is 11.8 Å². The van der Waals surface area contributed by atoms with Gasteiger partial charge in [0.05, 0.1) is 12.5 Å². The van der Waals surface area contributed by atoms with Crippen molar-refractivity contribution in [2.24, 2.45) is 0 Å². The summed E-state index contributed by atoms with van der Waals surface area (Å²) in [6.07, 6.45) is 6.68. The lowest BCUT2D eigenvalue weighted by Gasteiger charge is -2.07. The zero-order valence-corrected chi connectivity index (χ0v) is 6.06. The Labute approximate surface area is 60.0 Å². The first kappa shape index (κ1) is 6.69. The van der Waals surface area contributed by atoms with E-state index < -0.39 is 0 Å². The van der Waals surface area contributed by atoms with Gasteiger partial charge in [-0.15, -0.1) is 11.6 Å². The Hall–Kier alpha value is -0.430. The van der Waals surface area contributed by atoms with E-state index >= 15 is 0 Å². The summed E-state index contributed by atoms with van der Waals surface area (Å²) in [7, 11) is 1.66. The predicted octanol–water partition coefficient (Wildman–Crippen LogP) is 2.08. The molecule has 0 saturated carbocycles. The first-order chi connectivity index (χ1) is 4.33. The van der Waals surface area contributed by atoms with Crippen LogP contribution in [0.15, 0.2) is 24.0 Å². The summed E-state index contributed by atoms with van der Waals surface area (Å²) < 4.78 is 4.96. The van der Waals surface area contributed by atoms with Crippen LogP contribution in [-0.2, 0) is 4.74 Å². The van der Waals surface area contributed by atoms with Crippen LogP contribution in [0.3, 0.4) is 0 Å². The Morgan fingerprint density at radius 2 is 2.56 bits per heavy atom. The molecular weight excluding hydrogens is 136 g/mol. The maximum absolute atomic E-state index is 5.75. The maximum Gasteiger partial charge on any atom is 0.114 e. The summed E-state index contributed by atoms with van der Waals surface area (Å²) in [4.78, 5) is 0. The molecule has 9 heavy (non-hydrogen) atoms. The van der Waals surface area contributed by atoms with Gasteiger partial charge >= 0.3 is 0 Å². The van der Waals surface area contributed by atoms with E-state index in [9.17, 15) is 0 Å². The van der Waals surface area contributed by atoms with Gasteiger partial charge in [0.2, 0.25) is 0 Å². The van der Waals surface area contributed by atoms with Gasteiger partial charge in [-0.05, 0) is 18.6 Å². The molecule has 0 bridgehead atoms. The van der Waals surface area contributed by atoms with Crippen molar-refractivity contribution >= 4 is 11.6 Å². The molecule has 1 atom stereocenters. The largest absolute Gasteiger partial charge is 0.497 e. The molecule has 2 heteroatoms. The minimum atomic E-state index is 0.156. The van der Waals surface area contributed by atoms with E-state index in [-0.39, 0.29) is 5.38 Å². The summed E-state index contributed by atoms with van der Waals surface area (Å²) in [5, 5.41) is 0.156. The Morgan fingerprint density at radius 1 is 1.78 bits per heavy atom. The SMILES string of the molecule is COC1=CCC(Cl)C=C1. The number of hydrogen-bond donors (Lipinski definition) is 0. The second-order valence-corrected chi connectivity index (χ2v) is 2.48. The van der Waals surface area contributed by atoms with Crippen molar-refractivity contribution in [1.29, 1.82) is 0 Å². The number of rotatable bonds is 1. The highest BCUT2D eigenvalue weighted by atomic mass is 35.5. The third kappa shape index (κ3) is 1.75. The van der Waals surface area contributed by atoms with E-state index in [1.165, 1.54) is 0 Å². The molecule has 1 nitrogen and oxygen atoms in total. The third-order valence-electron chi connectivity index (χ3n) is 1.25. The van der Waals surface area contributed by atoms with E-state index in [4.69, 9.17) is 16.3 Å². The van der Waals surface area contributed by atoms with Crippen molar-refractivity contribution in [3.05, 3.63) is 24.0 Å². The molecule has 50 valence electrons. The zero-order chi connectivity index (χ0) is 6.69. The van der Waals surface area contributed by atoms with Crippen molar-refractivity contribution in [3.8, 4) is 0 Å². The van der Waals surface area contributed by atoms with Gasteiger partial charge in [-0.1, -0.05) is 6.08 Å². The van der Waals surface area contributed by atoms with Crippen LogP contribution >= 0.6 is 11.6 Å². The van der Waals surface area contributed by atoms with E-state index in [1.807, 2.05) is 18.2 Å². The lowest BCUT2D eigenvalue weighted by molar-refractivity contribution is 0.303. The molecule has 0 radical (unpaired) electrons. The van der Waals surface area contributed by atoms with E-state index in [2.05, 4.69) is 0 Å². The van der Waals surface area contributed by atoms with Crippen molar-refractivity contribution in [2.75, 3.05) is 7.11 Å². The fourth-order valence-electron chi connectivity index (χ4n) is 0.726. The van der Waals surface area contributed by atoms with Gasteiger partial charge in [0.15, 0.2) is 0 Å². The molecule has 0 saturated heterocycles. The van der Waals surface area contributed by atoms with Gasteiger partial charge in [0.25, 0.3) is 0 Å². The predicted molar refractivity (Wildman–Crippen MR) is 38.5 cm³/mol. The highest BCUT2D eigenvalue weighted by Crippen LogP contribution is 2.14. The second kappa shape index (κ2) is 2.92. The lowest BCUT2D eigenvalue weighted by Crippen LogP contribution is -1.97. The second-order valence-electron chi connectivity index (χ2n) is 1.92. The maximum atomic E-state index is 5.75. The van der Waals surface area contributed by atoms with E-state index in [1.54, 1.807) is 7.11 Å². The molecule has 1 aliphatic rings. The molecule has 0 aromatic rings. The molecule has 1 unspecified atom stereocenters. The molecule has 0 amide bonds. The molecule has 0 aromatic heterocycles. The van der Waals surface area contributed by atoms with Crippen LogP contribution in [0, 0.1) is 0 Å². The van der Waals surface area contributed by atoms with Gasteiger partial charge in [0, 0.05) is 0 Å². The fourth-order valence-corrected chi connectivity index (χ4v) is 0.888. The van der Waals surface area contributed by atoms with Crippen LogP contribution in [-0.4, -0.2) is 12.5 Å². The minimum absolute atomic E-state index is 0.156. The van der Waals surface area contributed by atoms with Crippen LogP contribution in [0.2, 0.25) is 0 Å². The Balaban J connectivity index is 2.52. The third-order valence-corrected chi connectivity index (χ3v) is 1.57. The molecule has 0 aromatic carbocycles. The summed E-state index contributed by atoms with van der Waals surface area (Å²) in [5.41, 5.74) is 0. The van der Waals surface area contributed by atoms with Crippen LogP contribution in [0.4, 0.5) is 0 Å². The number of methoxy groups -OCH3 is 1. The summed E-state index contributed by atoms with van der Waals surface area (Å²) in [6, 6.07) is 0. The first-order valence-corrected chi connectivity index (χ1v) is 3.33. The fraction of sp³-hybridized carbons (Fsp3) is 0.429. The standard InChI is InChI=1S/C7H9ClO/c1-9-7-4-2-6(8)3-5-7/h2,4-6H,3H2,1H3. The normalized spacial score (nSPS) is 25.6. The molecule has 0 N–H and O–H groups in total. The van der Waals surface area contributed by atoms with Crippen LogP contribution in [0.25, 0.3) is 0 Å². The summed E-state index contributed by atoms with van der Waals surface area (Å²) in [5.74, 6) is 0.909. The highest BCUT2D eigenvalue weighted by molar-refractivity contribution is 6.22. The average Bonchev–Trinajstić information content (AvgIpc) is 1.90. The Kier molecular flexibility index (Phi) is 2.17. The molecule has 0 spiro atoms. The molecule has 1 aliphatic carbocycles. The van der Waals surface area contributed by atoms with Crippen LogP contribution in [0.5, 0.6) is 0 Å². The first-order valence-electron chi connectivity index (χ1n) is 2.89. The quantitative estimate of drug-likeness (QED) is 0.512. The molecule has 0 aliphatic heterocycles. The van der Waals surface area contributed by atoms with E-state index in [0.717, 1.165) is 12.2 Å². The van der Waals surface area contributed by atoms with Gasteiger partial charge < -0.3 is 4.74 Å². The van der Waals surface area contributed by atoms with Gasteiger partial charge in [-0.25, -0.2) is 0 Å². The van der Waals surface area contributed by atoms with Gasteiger partial charge in [-0.3, -0.25) is 0 Å². The van der Waals surface area contributed by atoms with Crippen molar-refractivity contribution < 1.29 is 4.74 Å². The molecular formula is C7H9ClO. The zero-order valence-electron chi connectivity index (χ0n) is 5.30. The molecule has 0 fully saturated rings. The monoisotopic (exact) mass is 144 g/mol. The summed E-state index contributed by atoms with van der Waals surface area (Å²) in [6.45, 7) is 0. The van der Waals surface area contributed by atoms with Crippen molar-refractivity contribution in [1.82, 2.24) is 0 Å². The number of allylic oxidation sites excluding steroid dienone is 3. The van der Waals surface area contributed by atoms with Crippen LogP contribution < -0.4 is 0 Å². The Morgan fingerprint density at radius 3 is 3.00 bits per heavy atom. The molecule has 0 heterocycles.